The van der Waals surface area contributed by atoms with Crippen molar-refractivity contribution in [3.05, 3.63) is 32.7 Å². The van der Waals surface area contributed by atoms with Gasteiger partial charge in [-0.05, 0) is 47.0 Å². The molecule has 3 nitrogen and oxygen atoms in total. The smallest absolute Gasteiger partial charge is 0.129 e. The first-order chi connectivity index (χ1) is 8.56. The lowest BCUT2D eigenvalue weighted by molar-refractivity contribution is 0.416. The number of nitrogens with zero attached hydrogens (tertiary/aromatic N) is 1. The van der Waals surface area contributed by atoms with Gasteiger partial charge in [-0.1, -0.05) is 6.07 Å². The van der Waals surface area contributed by atoms with Crippen molar-refractivity contribution in [3.8, 4) is 16.3 Å². The molecule has 96 valence electrons. The van der Waals surface area contributed by atoms with Gasteiger partial charge in [-0.25, -0.2) is 4.98 Å². The molecule has 2 N–H and O–H groups in total. The highest BCUT2D eigenvalue weighted by molar-refractivity contribution is 9.11. The maximum Gasteiger partial charge on any atom is 0.129 e. The third kappa shape index (κ3) is 2.43. The summed E-state index contributed by atoms with van der Waals surface area (Å²) in [5.74, 6) is 0.859. The molecule has 0 atom stereocenters. The second-order valence-corrected chi connectivity index (χ2v) is 6.42. The first-order valence-corrected chi connectivity index (χ1v) is 7.18. The van der Waals surface area contributed by atoms with Gasteiger partial charge in [-0.2, -0.15) is 0 Å². The average Bonchev–Trinajstić information content (AvgIpc) is 2.68. The van der Waals surface area contributed by atoms with Crippen LogP contribution in [-0.4, -0.2) is 12.1 Å². The first-order valence-electron chi connectivity index (χ1n) is 5.57. The van der Waals surface area contributed by atoms with Gasteiger partial charge in [0.15, 0.2) is 0 Å². The Morgan fingerprint density at radius 3 is 2.67 bits per heavy atom. The molecule has 1 heterocycles. The minimum absolute atomic E-state index is 0.435. The maximum atomic E-state index is 5.66. The van der Waals surface area contributed by atoms with Crippen molar-refractivity contribution >= 4 is 27.3 Å². The summed E-state index contributed by atoms with van der Waals surface area (Å²) < 4.78 is 6.45. The molecule has 1 aromatic heterocycles. The quantitative estimate of drug-likeness (QED) is 0.936. The molecular formula is C13H15BrN2OS. The number of benzene rings is 1. The summed E-state index contributed by atoms with van der Waals surface area (Å²) in [5.41, 5.74) is 9.94. The molecular weight excluding hydrogens is 312 g/mol. The lowest BCUT2D eigenvalue weighted by Gasteiger charge is -2.10. The monoisotopic (exact) mass is 326 g/mol. The van der Waals surface area contributed by atoms with Crippen molar-refractivity contribution in [1.82, 2.24) is 4.98 Å². The van der Waals surface area contributed by atoms with E-state index >= 15 is 0 Å². The van der Waals surface area contributed by atoms with E-state index in [1.165, 1.54) is 5.56 Å². The minimum atomic E-state index is 0.435. The number of hydrogen-bond acceptors (Lipinski definition) is 4. The highest BCUT2D eigenvalue weighted by atomic mass is 79.9. The molecule has 1 aromatic carbocycles. The fourth-order valence-electron chi connectivity index (χ4n) is 1.93. The van der Waals surface area contributed by atoms with Crippen LogP contribution in [0.25, 0.3) is 10.6 Å². The molecule has 2 aromatic rings. The van der Waals surface area contributed by atoms with Crippen molar-refractivity contribution in [1.29, 1.82) is 0 Å². The standard InChI is InChI=1S/C13H15BrN2OS/c1-7-4-8(2)11(10(5-7)17-3)13-16-9(6-15)12(14)18-13/h4-5H,6,15H2,1-3H3. The highest BCUT2D eigenvalue weighted by Gasteiger charge is 2.16. The highest BCUT2D eigenvalue weighted by Crippen LogP contribution is 2.39. The number of hydrogen-bond donors (Lipinski definition) is 1. The van der Waals surface area contributed by atoms with E-state index in [0.29, 0.717) is 6.54 Å². The number of nitrogens with two attached hydrogens (primary N) is 1. The molecule has 0 aliphatic carbocycles. The Morgan fingerprint density at radius 1 is 1.39 bits per heavy atom. The maximum absolute atomic E-state index is 5.66. The van der Waals surface area contributed by atoms with Crippen molar-refractivity contribution < 1.29 is 4.74 Å². The number of methoxy groups -OCH3 is 1. The third-order valence-electron chi connectivity index (χ3n) is 2.72. The normalized spacial score (nSPS) is 10.7. The summed E-state index contributed by atoms with van der Waals surface area (Å²) >= 11 is 5.08. The SMILES string of the molecule is COc1cc(C)cc(C)c1-c1nc(CN)c(Br)s1. The Balaban J connectivity index is 2.62. The van der Waals surface area contributed by atoms with Gasteiger partial charge in [0.1, 0.15) is 10.8 Å². The predicted octanol–water partition coefficient (Wildman–Crippen LogP) is 3.66. The molecule has 0 bridgehead atoms. The van der Waals surface area contributed by atoms with Crippen LogP contribution in [0.3, 0.4) is 0 Å². The number of rotatable bonds is 3. The van der Waals surface area contributed by atoms with Gasteiger partial charge in [-0.15, -0.1) is 11.3 Å². The van der Waals surface area contributed by atoms with E-state index in [0.717, 1.165) is 31.4 Å². The van der Waals surface area contributed by atoms with Crippen molar-refractivity contribution in [2.24, 2.45) is 5.73 Å². The van der Waals surface area contributed by atoms with E-state index in [9.17, 15) is 0 Å². The Morgan fingerprint density at radius 2 is 2.11 bits per heavy atom. The fourth-order valence-corrected chi connectivity index (χ4v) is 3.58. The van der Waals surface area contributed by atoms with E-state index in [1.54, 1.807) is 18.4 Å². The van der Waals surface area contributed by atoms with Crippen LogP contribution < -0.4 is 10.5 Å². The molecule has 2 rings (SSSR count). The molecule has 0 aliphatic rings. The van der Waals surface area contributed by atoms with Crippen molar-refractivity contribution in [2.45, 2.75) is 20.4 Å². The number of halogens is 1. The van der Waals surface area contributed by atoms with E-state index in [4.69, 9.17) is 10.5 Å². The van der Waals surface area contributed by atoms with Crippen LogP contribution in [0, 0.1) is 13.8 Å². The topological polar surface area (TPSA) is 48.1 Å². The fraction of sp³-hybridized carbons (Fsp3) is 0.308. The van der Waals surface area contributed by atoms with Gasteiger partial charge in [0.2, 0.25) is 0 Å². The second-order valence-electron chi connectivity index (χ2n) is 4.10. The second kappa shape index (κ2) is 5.38. The van der Waals surface area contributed by atoms with E-state index in [1.807, 2.05) is 6.07 Å². The van der Waals surface area contributed by atoms with Crippen LogP contribution in [0.5, 0.6) is 5.75 Å². The molecule has 0 saturated carbocycles. The lowest BCUT2D eigenvalue weighted by atomic mass is 10.0. The largest absolute Gasteiger partial charge is 0.496 e. The summed E-state index contributed by atoms with van der Waals surface area (Å²) in [6, 6.07) is 4.16. The molecule has 0 unspecified atom stereocenters. The van der Waals surface area contributed by atoms with E-state index < -0.39 is 0 Å². The summed E-state index contributed by atoms with van der Waals surface area (Å²) in [6.07, 6.45) is 0. The lowest BCUT2D eigenvalue weighted by Crippen LogP contribution is -1.97. The number of thiazole rings is 1. The summed E-state index contributed by atoms with van der Waals surface area (Å²) in [6.45, 7) is 4.56. The van der Waals surface area contributed by atoms with Crippen LogP contribution in [-0.2, 0) is 6.54 Å². The molecule has 5 heteroatoms. The summed E-state index contributed by atoms with van der Waals surface area (Å²) in [4.78, 5) is 4.56. The Bertz CT molecular complexity index is 581. The van der Waals surface area contributed by atoms with Crippen molar-refractivity contribution in [2.75, 3.05) is 7.11 Å². The molecule has 0 amide bonds. The molecule has 0 radical (unpaired) electrons. The van der Waals surface area contributed by atoms with Crippen LogP contribution in [0.1, 0.15) is 16.8 Å². The minimum Gasteiger partial charge on any atom is -0.496 e. The Kier molecular flexibility index (Phi) is 4.04. The molecule has 18 heavy (non-hydrogen) atoms. The zero-order chi connectivity index (χ0) is 13.3. The third-order valence-corrected chi connectivity index (χ3v) is 4.57. The van der Waals surface area contributed by atoms with Gasteiger partial charge in [0, 0.05) is 6.54 Å². The first kappa shape index (κ1) is 13.5. The number of aromatic nitrogens is 1. The van der Waals surface area contributed by atoms with Crippen LogP contribution in [0.4, 0.5) is 0 Å². The van der Waals surface area contributed by atoms with Gasteiger partial charge in [0.05, 0.1) is 22.2 Å². The zero-order valence-corrected chi connectivity index (χ0v) is 13.0. The molecule has 0 fully saturated rings. The van der Waals surface area contributed by atoms with Crippen LogP contribution in [0.2, 0.25) is 0 Å². The molecule has 0 saturated heterocycles. The number of ether oxygens (including phenoxy) is 1. The zero-order valence-electron chi connectivity index (χ0n) is 10.6. The average molecular weight is 327 g/mol. The Hall–Kier alpha value is -0.910. The van der Waals surface area contributed by atoms with E-state index in [2.05, 4.69) is 40.8 Å². The molecule has 0 aliphatic heterocycles. The van der Waals surface area contributed by atoms with Gasteiger partial charge >= 0.3 is 0 Å². The van der Waals surface area contributed by atoms with Gasteiger partial charge in [-0.3, -0.25) is 0 Å². The molecule has 0 spiro atoms. The van der Waals surface area contributed by atoms with Crippen molar-refractivity contribution in [3.63, 3.8) is 0 Å². The van der Waals surface area contributed by atoms with Gasteiger partial charge < -0.3 is 10.5 Å². The Labute approximate surface area is 119 Å². The van der Waals surface area contributed by atoms with Gasteiger partial charge in [0.25, 0.3) is 0 Å². The van der Waals surface area contributed by atoms with Crippen LogP contribution in [0.15, 0.2) is 15.9 Å². The summed E-state index contributed by atoms with van der Waals surface area (Å²) in [7, 11) is 1.68. The van der Waals surface area contributed by atoms with E-state index in [-0.39, 0.29) is 0 Å². The number of aryl methyl sites for hydroxylation is 2. The summed E-state index contributed by atoms with van der Waals surface area (Å²) in [5, 5.41) is 0.941. The predicted molar refractivity (Wildman–Crippen MR) is 79.2 cm³/mol. The van der Waals surface area contributed by atoms with Crippen LogP contribution >= 0.6 is 27.3 Å².